The quantitative estimate of drug-likeness (QED) is 0.814. The lowest BCUT2D eigenvalue weighted by Gasteiger charge is -2.36. The fourth-order valence-electron chi connectivity index (χ4n) is 2.41. The Hall–Kier alpha value is -0.380. The van der Waals surface area contributed by atoms with Crippen LogP contribution in [0.25, 0.3) is 0 Å². The van der Waals surface area contributed by atoms with E-state index in [1.54, 1.807) is 11.3 Å². The Kier molecular flexibility index (Phi) is 3.14. The van der Waals surface area contributed by atoms with Crippen molar-refractivity contribution in [3.8, 4) is 0 Å². The molecule has 0 radical (unpaired) electrons. The average molecular weight is 226 g/mol. The van der Waals surface area contributed by atoms with Gasteiger partial charge in [0.15, 0.2) is 0 Å². The minimum absolute atomic E-state index is 0.705. The number of hydrogen-bond acceptors (Lipinski definition) is 3. The second kappa shape index (κ2) is 4.24. The number of hydrogen-bond donors (Lipinski definition) is 2. The van der Waals surface area contributed by atoms with Gasteiger partial charge in [-0.25, -0.2) is 0 Å². The lowest BCUT2D eigenvalue weighted by Crippen LogP contribution is -2.38. The highest BCUT2D eigenvalue weighted by Gasteiger charge is 2.38. The summed E-state index contributed by atoms with van der Waals surface area (Å²) in [6, 6.07) is 1.93. The highest BCUT2D eigenvalue weighted by atomic mass is 32.1. The SMILES string of the molecule is Cc1sccc1C(O)C1(O)CCCCC1. The fraction of sp³-hybridized carbons (Fsp3) is 0.667. The summed E-state index contributed by atoms with van der Waals surface area (Å²) in [4.78, 5) is 1.11. The maximum Gasteiger partial charge on any atom is 0.109 e. The Balaban J connectivity index is 2.19. The molecule has 3 heteroatoms. The second-order valence-electron chi connectivity index (χ2n) is 4.50. The monoisotopic (exact) mass is 226 g/mol. The molecule has 1 aliphatic rings. The van der Waals surface area contributed by atoms with Gasteiger partial charge in [0, 0.05) is 4.88 Å². The van der Waals surface area contributed by atoms with E-state index < -0.39 is 11.7 Å². The van der Waals surface area contributed by atoms with Gasteiger partial charge < -0.3 is 10.2 Å². The Bertz CT molecular complexity index is 326. The summed E-state index contributed by atoms with van der Waals surface area (Å²) in [5, 5.41) is 22.6. The van der Waals surface area contributed by atoms with Crippen LogP contribution in [0.2, 0.25) is 0 Å². The fourth-order valence-corrected chi connectivity index (χ4v) is 3.14. The molecule has 1 aromatic rings. The molecule has 1 atom stereocenters. The van der Waals surface area contributed by atoms with Crippen LogP contribution in [0.15, 0.2) is 11.4 Å². The average Bonchev–Trinajstić information content (AvgIpc) is 2.64. The van der Waals surface area contributed by atoms with Crippen molar-refractivity contribution >= 4 is 11.3 Å². The molecule has 2 N–H and O–H groups in total. The second-order valence-corrected chi connectivity index (χ2v) is 5.62. The number of aliphatic hydroxyl groups excluding tert-OH is 1. The predicted molar refractivity (Wildman–Crippen MR) is 62.1 cm³/mol. The molecule has 2 nitrogen and oxygen atoms in total. The van der Waals surface area contributed by atoms with Gasteiger partial charge >= 0.3 is 0 Å². The number of aliphatic hydroxyl groups is 2. The van der Waals surface area contributed by atoms with Crippen molar-refractivity contribution in [1.29, 1.82) is 0 Å². The summed E-state index contributed by atoms with van der Waals surface area (Å²) in [6.07, 6.45) is 3.97. The molecule has 2 rings (SSSR count). The van der Waals surface area contributed by atoms with Gasteiger partial charge in [0.25, 0.3) is 0 Å². The predicted octanol–water partition coefficient (Wildman–Crippen LogP) is 2.79. The van der Waals surface area contributed by atoms with Gasteiger partial charge in [-0.05, 0) is 36.8 Å². The van der Waals surface area contributed by atoms with E-state index in [-0.39, 0.29) is 0 Å². The molecule has 0 bridgehead atoms. The van der Waals surface area contributed by atoms with Crippen molar-refractivity contribution < 1.29 is 10.2 Å². The topological polar surface area (TPSA) is 40.5 Å². The van der Waals surface area contributed by atoms with Crippen LogP contribution in [-0.4, -0.2) is 15.8 Å². The van der Waals surface area contributed by atoms with Gasteiger partial charge in [0.2, 0.25) is 0 Å². The minimum atomic E-state index is -0.885. The first-order valence-corrected chi connectivity index (χ1v) is 6.46. The van der Waals surface area contributed by atoms with Crippen LogP contribution in [0, 0.1) is 6.92 Å². The third kappa shape index (κ3) is 2.10. The minimum Gasteiger partial charge on any atom is -0.387 e. The van der Waals surface area contributed by atoms with Crippen molar-refractivity contribution in [3.63, 3.8) is 0 Å². The number of rotatable bonds is 2. The molecule has 1 saturated carbocycles. The molecule has 1 aliphatic carbocycles. The maximum atomic E-state index is 10.4. The molecule has 0 spiro atoms. The molecule has 0 saturated heterocycles. The zero-order chi connectivity index (χ0) is 10.9. The summed E-state index contributed by atoms with van der Waals surface area (Å²) >= 11 is 1.62. The molecule has 84 valence electrons. The van der Waals surface area contributed by atoms with E-state index >= 15 is 0 Å². The Morgan fingerprint density at radius 1 is 1.33 bits per heavy atom. The van der Waals surface area contributed by atoms with Gasteiger partial charge in [-0.2, -0.15) is 0 Å². The van der Waals surface area contributed by atoms with Crippen LogP contribution >= 0.6 is 11.3 Å². The van der Waals surface area contributed by atoms with Gasteiger partial charge in [-0.1, -0.05) is 19.3 Å². The van der Waals surface area contributed by atoms with Crippen LogP contribution in [0.3, 0.4) is 0 Å². The van der Waals surface area contributed by atoms with Crippen LogP contribution in [-0.2, 0) is 0 Å². The molecular formula is C12H18O2S. The van der Waals surface area contributed by atoms with Gasteiger partial charge in [-0.3, -0.25) is 0 Å². The van der Waals surface area contributed by atoms with E-state index in [1.807, 2.05) is 18.4 Å². The summed E-state index contributed by atoms with van der Waals surface area (Å²) < 4.78 is 0. The Morgan fingerprint density at radius 2 is 2.00 bits per heavy atom. The molecule has 1 unspecified atom stereocenters. The first-order chi connectivity index (χ1) is 7.13. The largest absolute Gasteiger partial charge is 0.387 e. The Labute approximate surface area is 94.6 Å². The normalized spacial score (nSPS) is 22.6. The van der Waals surface area contributed by atoms with Gasteiger partial charge in [0.05, 0.1) is 5.60 Å². The van der Waals surface area contributed by atoms with E-state index in [9.17, 15) is 10.2 Å². The van der Waals surface area contributed by atoms with Crippen LogP contribution in [0.5, 0.6) is 0 Å². The molecule has 1 aromatic heterocycles. The summed E-state index contributed by atoms with van der Waals surface area (Å²) in [5.41, 5.74) is 0.0220. The lowest BCUT2D eigenvalue weighted by molar-refractivity contribution is -0.0992. The molecule has 0 amide bonds. The number of aryl methyl sites for hydroxylation is 1. The highest BCUT2D eigenvalue weighted by Crippen LogP contribution is 2.40. The van der Waals surface area contributed by atoms with Crippen LogP contribution in [0.1, 0.15) is 48.6 Å². The van der Waals surface area contributed by atoms with Gasteiger partial charge in [-0.15, -0.1) is 11.3 Å². The summed E-state index contributed by atoms with van der Waals surface area (Å²) in [7, 11) is 0. The smallest absolute Gasteiger partial charge is 0.109 e. The molecule has 0 aliphatic heterocycles. The first-order valence-electron chi connectivity index (χ1n) is 5.58. The summed E-state index contributed by atoms with van der Waals surface area (Å²) in [5.74, 6) is 0. The van der Waals surface area contributed by atoms with Crippen molar-refractivity contribution in [2.24, 2.45) is 0 Å². The Morgan fingerprint density at radius 3 is 2.53 bits per heavy atom. The van der Waals surface area contributed by atoms with E-state index in [0.717, 1.165) is 36.1 Å². The zero-order valence-corrected chi connectivity index (χ0v) is 9.89. The van der Waals surface area contributed by atoms with E-state index in [1.165, 1.54) is 6.42 Å². The third-order valence-electron chi connectivity index (χ3n) is 3.42. The third-order valence-corrected chi connectivity index (χ3v) is 4.28. The lowest BCUT2D eigenvalue weighted by atomic mass is 9.78. The van der Waals surface area contributed by atoms with Crippen LogP contribution in [0.4, 0.5) is 0 Å². The first kappa shape index (κ1) is 11.1. The van der Waals surface area contributed by atoms with Crippen molar-refractivity contribution in [2.45, 2.75) is 50.7 Å². The molecular weight excluding hydrogens is 208 g/mol. The maximum absolute atomic E-state index is 10.4. The van der Waals surface area contributed by atoms with Crippen molar-refractivity contribution in [2.75, 3.05) is 0 Å². The van der Waals surface area contributed by atoms with Crippen molar-refractivity contribution in [1.82, 2.24) is 0 Å². The molecule has 15 heavy (non-hydrogen) atoms. The molecule has 1 heterocycles. The number of thiophene rings is 1. The molecule has 1 fully saturated rings. The molecule has 0 aromatic carbocycles. The van der Waals surface area contributed by atoms with E-state index in [2.05, 4.69) is 0 Å². The van der Waals surface area contributed by atoms with Crippen LogP contribution < -0.4 is 0 Å². The standard InChI is InChI=1S/C12H18O2S/c1-9-10(5-8-15-9)11(13)12(14)6-3-2-4-7-12/h5,8,11,13-14H,2-4,6-7H2,1H3. The van der Waals surface area contributed by atoms with E-state index in [4.69, 9.17) is 0 Å². The zero-order valence-electron chi connectivity index (χ0n) is 9.07. The summed E-state index contributed by atoms with van der Waals surface area (Å²) in [6.45, 7) is 2.00. The van der Waals surface area contributed by atoms with Gasteiger partial charge in [0.1, 0.15) is 6.10 Å². The van der Waals surface area contributed by atoms with E-state index in [0.29, 0.717) is 0 Å². The van der Waals surface area contributed by atoms with Crippen molar-refractivity contribution in [3.05, 3.63) is 21.9 Å². The highest BCUT2D eigenvalue weighted by molar-refractivity contribution is 7.10.